The first-order chi connectivity index (χ1) is 14.4. The molecule has 0 aliphatic carbocycles. The van der Waals surface area contributed by atoms with E-state index in [1.807, 2.05) is 45.0 Å². The van der Waals surface area contributed by atoms with E-state index in [9.17, 15) is 9.59 Å². The Morgan fingerprint density at radius 2 is 1.73 bits per heavy atom. The summed E-state index contributed by atoms with van der Waals surface area (Å²) in [4.78, 5) is 27.5. The largest absolute Gasteiger partial charge is 0.355 e. The minimum atomic E-state index is -0.512. The molecule has 1 atom stereocenters. The summed E-state index contributed by atoms with van der Waals surface area (Å²) in [7, 11) is 0. The minimum absolute atomic E-state index is 0.0791. The third-order valence-corrected chi connectivity index (χ3v) is 6.52. The second kappa shape index (κ2) is 12.2. The highest BCUT2D eigenvalue weighted by molar-refractivity contribution is 7.99. The van der Waals surface area contributed by atoms with Crippen molar-refractivity contribution in [1.82, 2.24) is 10.2 Å². The molecule has 30 heavy (non-hydrogen) atoms. The number of benzene rings is 2. The molecular formula is C23H28Cl2N2O2S. The van der Waals surface area contributed by atoms with Crippen molar-refractivity contribution in [2.45, 2.75) is 45.5 Å². The molecule has 162 valence electrons. The van der Waals surface area contributed by atoms with Gasteiger partial charge in [-0.1, -0.05) is 60.5 Å². The molecular weight excluding hydrogens is 439 g/mol. The predicted molar refractivity (Wildman–Crippen MR) is 127 cm³/mol. The van der Waals surface area contributed by atoms with Gasteiger partial charge in [-0.15, -0.1) is 11.8 Å². The second-order valence-electron chi connectivity index (χ2n) is 6.96. The molecule has 0 aliphatic rings. The summed E-state index contributed by atoms with van der Waals surface area (Å²) in [6.45, 7) is 6.74. The normalized spacial score (nSPS) is 11.8. The molecule has 0 fully saturated rings. The number of aryl methyl sites for hydroxylation is 1. The number of nitrogens with one attached hydrogen (secondary N) is 1. The number of likely N-dealkylation sites (N-methyl/N-ethyl adjacent to an activating group) is 1. The number of halogens is 2. The number of carbonyl (C=O) groups is 2. The number of carbonyl (C=O) groups excluding carboxylic acids is 2. The van der Waals surface area contributed by atoms with Crippen LogP contribution in [0.25, 0.3) is 0 Å². The molecule has 2 aromatic carbocycles. The zero-order chi connectivity index (χ0) is 22.1. The zero-order valence-corrected chi connectivity index (χ0v) is 19.9. The number of amides is 2. The lowest BCUT2D eigenvalue weighted by molar-refractivity contribution is -0.139. The lowest BCUT2D eigenvalue weighted by atomic mass is 10.1. The van der Waals surface area contributed by atoms with Crippen LogP contribution in [0.5, 0.6) is 0 Å². The van der Waals surface area contributed by atoms with Gasteiger partial charge >= 0.3 is 0 Å². The molecule has 2 amide bonds. The van der Waals surface area contributed by atoms with Crippen LogP contribution in [0.3, 0.4) is 0 Å². The lowest BCUT2D eigenvalue weighted by Gasteiger charge is -2.31. The summed E-state index contributed by atoms with van der Waals surface area (Å²) in [5.41, 5.74) is 2.95. The lowest BCUT2D eigenvalue weighted by Crippen LogP contribution is -2.49. The molecule has 0 aromatic heterocycles. The second-order valence-corrected chi connectivity index (χ2v) is 8.76. The van der Waals surface area contributed by atoms with E-state index in [4.69, 9.17) is 23.2 Å². The summed E-state index contributed by atoms with van der Waals surface area (Å²) in [6, 6.07) is 12.8. The van der Waals surface area contributed by atoms with E-state index in [1.165, 1.54) is 11.8 Å². The smallest absolute Gasteiger partial charge is 0.242 e. The van der Waals surface area contributed by atoms with Crippen molar-refractivity contribution in [3.05, 3.63) is 69.2 Å². The van der Waals surface area contributed by atoms with Crippen molar-refractivity contribution in [3.8, 4) is 0 Å². The maximum Gasteiger partial charge on any atom is 0.242 e. The van der Waals surface area contributed by atoms with Gasteiger partial charge in [0.05, 0.1) is 5.75 Å². The molecule has 2 rings (SSSR count). The van der Waals surface area contributed by atoms with Gasteiger partial charge in [-0.2, -0.15) is 0 Å². The molecule has 0 radical (unpaired) electrons. The van der Waals surface area contributed by atoms with Crippen LogP contribution in [-0.4, -0.2) is 35.1 Å². The molecule has 7 heteroatoms. The van der Waals surface area contributed by atoms with Gasteiger partial charge in [0.1, 0.15) is 6.04 Å². The van der Waals surface area contributed by atoms with Gasteiger partial charge < -0.3 is 10.2 Å². The van der Waals surface area contributed by atoms with Crippen LogP contribution >= 0.6 is 35.0 Å². The SMILES string of the molecule is CCNC(=O)[C@@H](CC)N(Cc1ccccc1C)C(=O)CSCc1c(Cl)cccc1Cl. The number of rotatable bonds is 10. The van der Waals surface area contributed by atoms with E-state index in [0.717, 1.165) is 16.7 Å². The standard InChI is InChI=1S/C23H28Cl2N2O2S/c1-4-21(23(29)26-5-2)27(13-17-10-7-6-9-16(17)3)22(28)15-30-14-18-19(24)11-8-12-20(18)25/h6-12,21H,4-5,13-15H2,1-3H3,(H,26,29)/t21-/m1/s1. The average molecular weight is 467 g/mol. The molecule has 4 nitrogen and oxygen atoms in total. The van der Waals surface area contributed by atoms with Crippen LogP contribution in [0, 0.1) is 6.92 Å². The van der Waals surface area contributed by atoms with Gasteiger partial charge in [0.25, 0.3) is 0 Å². The Balaban J connectivity index is 2.16. The van der Waals surface area contributed by atoms with Gasteiger partial charge in [-0.05, 0) is 49.1 Å². The van der Waals surface area contributed by atoms with Crippen LogP contribution in [-0.2, 0) is 21.9 Å². The molecule has 0 spiro atoms. The Hall–Kier alpha value is -1.69. The molecule has 1 N–H and O–H groups in total. The first-order valence-corrected chi connectivity index (χ1v) is 11.9. The summed E-state index contributed by atoms with van der Waals surface area (Å²) >= 11 is 13.9. The Morgan fingerprint density at radius 1 is 1.07 bits per heavy atom. The molecule has 0 saturated heterocycles. The first kappa shape index (κ1) is 24.6. The highest BCUT2D eigenvalue weighted by Gasteiger charge is 2.28. The van der Waals surface area contributed by atoms with Gasteiger partial charge in [-0.3, -0.25) is 9.59 Å². The fraction of sp³-hybridized carbons (Fsp3) is 0.391. The van der Waals surface area contributed by atoms with Crippen molar-refractivity contribution in [2.75, 3.05) is 12.3 Å². The number of hydrogen-bond donors (Lipinski definition) is 1. The number of hydrogen-bond acceptors (Lipinski definition) is 3. The van der Waals surface area contributed by atoms with Crippen molar-refractivity contribution >= 4 is 46.8 Å². The average Bonchev–Trinajstić information content (AvgIpc) is 2.71. The summed E-state index contributed by atoms with van der Waals surface area (Å²) in [5, 5.41) is 4.04. The monoisotopic (exact) mass is 466 g/mol. The van der Waals surface area contributed by atoms with Crippen molar-refractivity contribution in [3.63, 3.8) is 0 Å². The molecule has 2 aromatic rings. The van der Waals surface area contributed by atoms with E-state index in [2.05, 4.69) is 5.32 Å². The molecule has 0 aliphatic heterocycles. The summed E-state index contributed by atoms with van der Waals surface area (Å²) < 4.78 is 0. The van der Waals surface area contributed by atoms with E-state index in [0.29, 0.717) is 35.3 Å². The first-order valence-electron chi connectivity index (χ1n) is 10.0. The topological polar surface area (TPSA) is 49.4 Å². The third kappa shape index (κ3) is 6.66. The van der Waals surface area contributed by atoms with Crippen LogP contribution in [0.15, 0.2) is 42.5 Å². The highest BCUT2D eigenvalue weighted by Crippen LogP contribution is 2.28. The molecule has 0 bridgehead atoms. The minimum Gasteiger partial charge on any atom is -0.355 e. The van der Waals surface area contributed by atoms with E-state index < -0.39 is 6.04 Å². The zero-order valence-electron chi connectivity index (χ0n) is 17.6. The Labute approximate surface area is 193 Å². The van der Waals surface area contributed by atoms with Crippen LogP contribution in [0.2, 0.25) is 10.0 Å². The van der Waals surface area contributed by atoms with Crippen molar-refractivity contribution in [2.24, 2.45) is 0 Å². The van der Waals surface area contributed by atoms with Crippen LogP contribution < -0.4 is 5.32 Å². The third-order valence-electron chi connectivity index (χ3n) is 4.87. The van der Waals surface area contributed by atoms with Gasteiger partial charge in [0, 0.05) is 28.9 Å². The van der Waals surface area contributed by atoms with E-state index in [1.54, 1.807) is 23.1 Å². The van der Waals surface area contributed by atoms with Crippen molar-refractivity contribution in [1.29, 1.82) is 0 Å². The fourth-order valence-electron chi connectivity index (χ4n) is 3.18. The maximum atomic E-state index is 13.2. The summed E-state index contributed by atoms with van der Waals surface area (Å²) in [6.07, 6.45) is 0.546. The molecule has 0 heterocycles. The van der Waals surface area contributed by atoms with E-state index >= 15 is 0 Å². The van der Waals surface area contributed by atoms with Crippen LogP contribution in [0.4, 0.5) is 0 Å². The Bertz CT molecular complexity index is 856. The van der Waals surface area contributed by atoms with E-state index in [-0.39, 0.29) is 17.6 Å². The Kier molecular flexibility index (Phi) is 10.0. The number of nitrogens with zero attached hydrogens (tertiary/aromatic N) is 1. The highest BCUT2D eigenvalue weighted by atomic mass is 35.5. The van der Waals surface area contributed by atoms with Gasteiger partial charge in [-0.25, -0.2) is 0 Å². The van der Waals surface area contributed by atoms with Crippen LogP contribution in [0.1, 0.15) is 37.0 Å². The quantitative estimate of drug-likeness (QED) is 0.504. The van der Waals surface area contributed by atoms with Gasteiger partial charge in [0.15, 0.2) is 0 Å². The molecule has 0 unspecified atom stereocenters. The summed E-state index contributed by atoms with van der Waals surface area (Å²) in [5.74, 6) is 0.564. The maximum absolute atomic E-state index is 13.2. The van der Waals surface area contributed by atoms with Gasteiger partial charge in [0.2, 0.25) is 11.8 Å². The predicted octanol–water partition coefficient (Wildman–Crippen LogP) is 5.48. The molecule has 0 saturated carbocycles. The fourth-order valence-corrected chi connectivity index (χ4v) is 4.82. The number of thioether (sulfide) groups is 1. The Morgan fingerprint density at radius 3 is 2.33 bits per heavy atom. The van der Waals surface area contributed by atoms with Crippen molar-refractivity contribution < 1.29 is 9.59 Å².